The van der Waals surface area contributed by atoms with Crippen LogP contribution >= 0.6 is 0 Å². The van der Waals surface area contributed by atoms with E-state index >= 15 is 0 Å². The van der Waals surface area contributed by atoms with E-state index in [-0.39, 0.29) is 17.1 Å². The van der Waals surface area contributed by atoms with Crippen molar-refractivity contribution in [2.24, 2.45) is 0 Å². The Bertz CT molecular complexity index is 973. The molecule has 0 fully saturated rings. The maximum atomic E-state index is 13.2. The van der Waals surface area contributed by atoms with Gasteiger partial charge in [0, 0.05) is 23.3 Å². The topological polar surface area (TPSA) is 54.0 Å². The highest BCUT2D eigenvalue weighted by Crippen LogP contribution is 2.31. The monoisotopic (exact) mass is 375 g/mol. The van der Waals surface area contributed by atoms with Crippen LogP contribution in [0.2, 0.25) is 0 Å². The van der Waals surface area contributed by atoms with Gasteiger partial charge in [0.1, 0.15) is 11.5 Å². The van der Waals surface area contributed by atoms with Crippen LogP contribution in [0, 0.1) is 5.82 Å². The number of aromatic nitrogens is 1. The third kappa shape index (κ3) is 4.81. The fraction of sp³-hybridized carbons (Fsp3) is 0.0526. The van der Waals surface area contributed by atoms with Crippen LogP contribution in [0.4, 0.5) is 34.6 Å². The van der Waals surface area contributed by atoms with Crippen molar-refractivity contribution >= 4 is 23.0 Å². The maximum absolute atomic E-state index is 13.2. The van der Waals surface area contributed by atoms with Gasteiger partial charge in [0.2, 0.25) is 0 Å². The molecular formula is C19H13F4N3O. The largest absolute Gasteiger partial charge is 0.416 e. The van der Waals surface area contributed by atoms with E-state index in [0.717, 1.165) is 18.2 Å². The maximum Gasteiger partial charge on any atom is 0.416 e. The first-order valence-corrected chi connectivity index (χ1v) is 7.78. The lowest BCUT2D eigenvalue weighted by Crippen LogP contribution is -2.14. The van der Waals surface area contributed by atoms with Gasteiger partial charge in [-0.15, -0.1) is 0 Å². The molecule has 27 heavy (non-hydrogen) atoms. The van der Waals surface area contributed by atoms with Gasteiger partial charge in [-0.05, 0) is 48.5 Å². The highest BCUT2D eigenvalue weighted by Gasteiger charge is 2.30. The second kappa shape index (κ2) is 7.45. The molecule has 0 radical (unpaired) electrons. The van der Waals surface area contributed by atoms with Gasteiger partial charge in [-0.1, -0.05) is 12.1 Å². The summed E-state index contributed by atoms with van der Waals surface area (Å²) >= 11 is 0. The number of nitrogens with zero attached hydrogens (tertiary/aromatic N) is 1. The zero-order valence-corrected chi connectivity index (χ0v) is 13.7. The van der Waals surface area contributed by atoms with Crippen LogP contribution in [-0.2, 0) is 6.18 Å². The van der Waals surface area contributed by atoms with Crippen molar-refractivity contribution in [3.05, 3.63) is 83.9 Å². The van der Waals surface area contributed by atoms with E-state index < -0.39 is 23.5 Å². The Hall–Kier alpha value is -3.42. The third-order valence-corrected chi connectivity index (χ3v) is 3.55. The van der Waals surface area contributed by atoms with Crippen LogP contribution < -0.4 is 10.6 Å². The fourth-order valence-corrected chi connectivity index (χ4v) is 2.33. The SMILES string of the molecule is O=C(Nc1cccc(F)c1)c1cc(Nc2cccc(C(F)(F)F)c2)ccn1. The van der Waals surface area contributed by atoms with E-state index in [1.165, 1.54) is 48.7 Å². The molecule has 3 rings (SSSR count). The van der Waals surface area contributed by atoms with Gasteiger partial charge in [-0.3, -0.25) is 9.78 Å². The minimum atomic E-state index is -4.45. The molecule has 1 amide bonds. The van der Waals surface area contributed by atoms with E-state index in [4.69, 9.17) is 0 Å². The molecule has 0 spiro atoms. The molecule has 1 heterocycles. The number of hydrogen-bond donors (Lipinski definition) is 2. The normalized spacial score (nSPS) is 11.1. The van der Waals surface area contributed by atoms with E-state index in [1.807, 2.05) is 0 Å². The van der Waals surface area contributed by atoms with Gasteiger partial charge in [0.25, 0.3) is 5.91 Å². The van der Waals surface area contributed by atoms with Crippen molar-refractivity contribution < 1.29 is 22.4 Å². The van der Waals surface area contributed by atoms with Crippen molar-refractivity contribution in [2.45, 2.75) is 6.18 Å². The molecule has 0 atom stereocenters. The van der Waals surface area contributed by atoms with E-state index in [2.05, 4.69) is 15.6 Å². The Morgan fingerprint density at radius 3 is 2.33 bits per heavy atom. The quantitative estimate of drug-likeness (QED) is 0.614. The first-order valence-electron chi connectivity index (χ1n) is 7.78. The Morgan fingerprint density at radius 2 is 1.59 bits per heavy atom. The predicted octanol–water partition coefficient (Wildman–Crippen LogP) is 5.24. The molecular weight excluding hydrogens is 362 g/mol. The molecule has 0 bridgehead atoms. The van der Waals surface area contributed by atoms with Crippen molar-refractivity contribution in [3.63, 3.8) is 0 Å². The first-order chi connectivity index (χ1) is 12.8. The number of anilines is 3. The number of hydrogen-bond acceptors (Lipinski definition) is 3. The van der Waals surface area contributed by atoms with E-state index in [0.29, 0.717) is 5.69 Å². The van der Waals surface area contributed by atoms with E-state index in [1.54, 1.807) is 0 Å². The Balaban J connectivity index is 1.77. The number of carbonyl (C=O) groups excluding carboxylic acids is 1. The highest BCUT2D eigenvalue weighted by atomic mass is 19.4. The number of alkyl halides is 3. The average molecular weight is 375 g/mol. The molecule has 2 aromatic carbocycles. The van der Waals surface area contributed by atoms with Crippen molar-refractivity contribution in [3.8, 4) is 0 Å². The Kier molecular flexibility index (Phi) is 5.07. The molecule has 4 nitrogen and oxygen atoms in total. The summed E-state index contributed by atoms with van der Waals surface area (Å²) in [6, 6.07) is 13.0. The van der Waals surface area contributed by atoms with Crippen molar-refractivity contribution in [1.82, 2.24) is 4.98 Å². The number of rotatable bonds is 4. The second-order valence-corrected chi connectivity index (χ2v) is 5.60. The van der Waals surface area contributed by atoms with Crippen LogP contribution in [-0.4, -0.2) is 10.9 Å². The van der Waals surface area contributed by atoms with Crippen molar-refractivity contribution in [1.29, 1.82) is 0 Å². The number of halogens is 4. The molecule has 0 saturated carbocycles. The number of carbonyl (C=O) groups is 1. The number of nitrogens with one attached hydrogen (secondary N) is 2. The summed E-state index contributed by atoms with van der Waals surface area (Å²) in [5, 5.41) is 5.31. The Labute approximate surface area is 151 Å². The van der Waals surface area contributed by atoms with Crippen LogP contribution in [0.15, 0.2) is 66.9 Å². The molecule has 0 aliphatic heterocycles. The van der Waals surface area contributed by atoms with Gasteiger partial charge in [0.05, 0.1) is 5.56 Å². The molecule has 8 heteroatoms. The van der Waals surface area contributed by atoms with Crippen LogP contribution in [0.25, 0.3) is 0 Å². The van der Waals surface area contributed by atoms with Gasteiger partial charge in [-0.25, -0.2) is 4.39 Å². The molecule has 0 aliphatic carbocycles. The minimum Gasteiger partial charge on any atom is -0.355 e. The second-order valence-electron chi connectivity index (χ2n) is 5.60. The summed E-state index contributed by atoms with van der Waals surface area (Å²) in [5.41, 5.74) is 0.0983. The van der Waals surface area contributed by atoms with Gasteiger partial charge >= 0.3 is 6.18 Å². The Morgan fingerprint density at radius 1 is 0.889 bits per heavy atom. The molecule has 3 aromatic rings. The zero-order chi connectivity index (χ0) is 19.4. The molecule has 1 aromatic heterocycles. The summed E-state index contributed by atoms with van der Waals surface area (Å²) in [6.45, 7) is 0. The molecule has 2 N–H and O–H groups in total. The number of benzene rings is 2. The summed E-state index contributed by atoms with van der Waals surface area (Å²) in [6.07, 6.45) is -3.11. The lowest BCUT2D eigenvalue weighted by Gasteiger charge is -2.11. The number of pyridine rings is 1. The minimum absolute atomic E-state index is 0.0243. The number of amides is 1. The average Bonchev–Trinajstić information content (AvgIpc) is 2.61. The van der Waals surface area contributed by atoms with Gasteiger partial charge < -0.3 is 10.6 Å². The van der Waals surface area contributed by atoms with Crippen LogP contribution in [0.1, 0.15) is 16.1 Å². The lowest BCUT2D eigenvalue weighted by atomic mass is 10.2. The zero-order valence-electron chi connectivity index (χ0n) is 13.7. The summed E-state index contributed by atoms with van der Waals surface area (Å²) in [7, 11) is 0. The third-order valence-electron chi connectivity index (χ3n) is 3.55. The van der Waals surface area contributed by atoms with E-state index in [9.17, 15) is 22.4 Å². The summed E-state index contributed by atoms with van der Waals surface area (Å²) < 4.78 is 51.6. The molecule has 0 saturated heterocycles. The van der Waals surface area contributed by atoms with Gasteiger partial charge in [-0.2, -0.15) is 13.2 Å². The van der Waals surface area contributed by atoms with Crippen LogP contribution in [0.3, 0.4) is 0 Å². The highest BCUT2D eigenvalue weighted by molar-refractivity contribution is 6.03. The van der Waals surface area contributed by atoms with Gasteiger partial charge in [0.15, 0.2) is 0 Å². The first kappa shape index (κ1) is 18.4. The summed E-state index contributed by atoms with van der Waals surface area (Å²) in [4.78, 5) is 16.2. The predicted molar refractivity (Wildman–Crippen MR) is 93.3 cm³/mol. The molecule has 0 unspecified atom stereocenters. The lowest BCUT2D eigenvalue weighted by molar-refractivity contribution is -0.137. The smallest absolute Gasteiger partial charge is 0.355 e. The standard InChI is InChI=1S/C19H13F4N3O/c20-13-4-2-6-15(10-13)26-18(27)17-11-16(7-8-24-17)25-14-5-1-3-12(9-14)19(21,22)23/h1-11H,(H,24,25)(H,26,27). The molecule has 0 aliphatic rings. The van der Waals surface area contributed by atoms with Crippen LogP contribution in [0.5, 0.6) is 0 Å². The fourth-order valence-electron chi connectivity index (χ4n) is 2.33. The summed E-state index contributed by atoms with van der Waals surface area (Å²) in [5.74, 6) is -1.07. The molecule has 138 valence electrons. The van der Waals surface area contributed by atoms with Crippen molar-refractivity contribution in [2.75, 3.05) is 10.6 Å².